The molecule has 0 aromatic heterocycles. The highest BCUT2D eigenvalue weighted by molar-refractivity contribution is 5.31. The predicted octanol–water partition coefficient (Wildman–Crippen LogP) is 11.9. The van der Waals surface area contributed by atoms with Crippen LogP contribution in [0.1, 0.15) is 75.3 Å². The van der Waals surface area contributed by atoms with Gasteiger partial charge in [-0.1, -0.05) is 44.0 Å². The third-order valence-corrected chi connectivity index (χ3v) is 9.36. The second kappa shape index (κ2) is 12.0. The monoisotopic (exact) mass is 724 g/mol. The van der Waals surface area contributed by atoms with Crippen molar-refractivity contribution in [3.8, 4) is 0 Å². The van der Waals surface area contributed by atoms with Gasteiger partial charge in [0.1, 0.15) is 0 Å². The Labute approximate surface area is 255 Å². The van der Waals surface area contributed by atoms with Crippen LogP contribution in [-0.4, -0.2) is 47.6 Å². The summed E-state index contributed by atoms with van der Waals surface area (Å²) in [5.41, 5.74) is -2.05. The summed E-state index contributed by atoms with van der Waals surface area (Å²) in [5.74, 6) is -65.5. The highest BCUT2D eigenvalue weighted by Gasteiger charge is 2.96. The molecule has 3 rings (SSSR count). The van der Waals surface area contributed by atoms with Gasteiger partial charge in [0, 0.05) is 5.56 Å². The number of benzene rings is 1. The molecule has 19 heteroatoms. The Morgan fingerprint density at radius 1 is 0.404 bits per heavy atom. The lowest BCUT2D eigenvalue weighted by molar-refractivity contribution is -0.469. The molecule has 0 aliphatic heterocycles. The molecule has 0 amide bonds. The zero-order chi connectivity index (χ0) is 36.4. The van der Waals surface area contributed by atoms with Crippen LogP contribution in [0.25, 0.3) is 0 Å². The van der Waals surface area contributed by atoms with E-state index in [2.05, 4.69) is 6.92 Å². The molecule has 0 nitrogen and oxygen atoms in total. The van der Waals surface area contributed by atoms with E-state index in [0.717, 1.165) is 25.7 Å². The first-order valence-electron chi connectivity index (χ1n) is 14.1. The molecule has 0 N–H and O–H groups in total. The Hall–Kier alpha value is -2.11. The van der Waals surface area contributed by atoms with Crippen molar-refractivity contribution in [2.24, 2.45) is 17.8 Å². The Bertz CT molecular complexity index is 1220. The normalized spacial score (nSPS) is 25.2. The lowest BCUT2D eigenvalue weighted by atomic mass is 9.68. The van der Waals surface area contributed by atoms with Crippen LogP contribution in [0.5, 0.6) is 0 Å². The van der Waals surface area contributed by atoms with Crippen molar-refractivity contribution in [2.75, 3.05) is 0 Å². The van der Waals surface area contributed by atoms with Crippen LogP contribution in [0.2, 0.25) is 0 Å². The molecule has 0 atom stereocenters. The van der Waals surface area contributed by atoms with E-state index in [1.165, 1.54) is 0 Å². The van der Waals surface area contributed by atoms with Gasteiger partial charge in [-0.3, -0.25) is 0 Å². The fraction of sp³-hybridized carbons (Fsp3) is 0.786. The van der Waals surface area contributed by atoms with Crippen molar-refractivity contribution < 1.29 is 83.4 Å². The van der Waals surface area contributed by atoms with Gasteiger partial charge >= 0.3 is 53.6 Å². The standard InChI is InChI=1S/C28H27F19/c1-14-2-4-15(5-3-14)16-6-8-17(9-7-16)18-10-12-19(13-11-18)20(29,30)21(31,32)22(33,34)23(35,36)24(37,38)25(39,40)26(41,42)27(43,44)28(45,46)47/h10-17H,2-9H2,1H3/t14-,15-,16?,17?. The molecule has 272 valence electrons. The van der Waals surface area contributed by atoms with Crippen LogP contribution in [0.3, 0.4) is 0 Å². The number of hydrogen-bond donors (Lipinski definition) is 0. The summed E-state index contributed by atoms with van der Waals surface area (Å²) >= 11 is 0. The number of rotatable bonds is 10. The first-order chi connectivity index (χ1) is 20.9. The first kappa shape index (κ1) is 39.3. The van der Waals surface area contributed by atoms with Gasteiger partial charge in [0.15, 0.2) is 0 Å². The van der Waals surface area contributed by atoms with E-state index in [1.54, 1.807) is 0 Å². The van der Waals surface area contributed by atoms with Crippen LogP contribution in [0.15, 0.2) is 24.3 Å². The maximum atomic E-state index is 14.7. The quantitative estimate of drug-likeness (QED) is 0.211. The maximum Gasteiger partial charge on any atom is 0.460 e. The van der Waals surface area contributed by atoms with E-state index in [9.17, 15) is 83.4 Å². The van der Waals surface area contributed by atoms with E-state index in [4.69, 9.17) is 0 Å². The minimum atomic E-state index is -8.92. The van der Waals surface area contributed by atoms with Crippen molar-refractivity contribution >= 4 is 0 Å². The molecule has 0 heterocycles. The van der Waals surface area contributed by atoms with Gasteiger partial charge in [0.25, 0.3) is 0 Å². The van der Waals surface area contributed by atoms with E-state index in [1.807, 2.05) is 0 Å². The topological polar surface area (TPSA) is 0 Å². The summed E-state index contributed by atoms with van der Waals surface area (Å²) in [5, 5.41) is 0. The van der Waals surface area contributed by atoms with E-state index in [0.29, 0.717) is 55.6 Å². The molecule has 2 fully saturated rings. The van der Waals surface area contributed by atoms with Gasteiger partial charge in [0.2, 0.25) is 0 Å². The number of halogens is 19. The second-order valence-corrected chi connectivity index (χ2v) is 12.3. The lowest BCUT2D eigenvalue weighted by Gasteiger charge is -2.43. The molecule has 2 aliphatic rings. The third kappa shape index (κ3) is 5.94. The Balaban J connectivity index is 1.87. The molecule has 1 aromatic rings. The van der Waals surface area contributed by atoms with Crippen LogP contribution in [0.4, 0.5) is 83.4 Å². The fourth-order valence-electron chi connectivity index (χ4n) is 6.19. The Morgan fingerprint density at radius 3 is 1.09 bits per heavy atom. The van der Waals surface area contributed by atoms with Gasteiger partial charge < -0.3 is 0 Å². The molecule has 0 radical (unpaired) electrons. The summed E-state index contributed by atoms with van der Waals surface area (Å²) in [6, 6.07) is 1.48. The summed E-state index contributed by atoms with van der Waals surface area (Å²) in [7, 11) is 0. The number of hydrogen-bond acceptors (Lipinski definition) is 0. The summed E-state index contributed by atoms with van der Waals surface area (Å²) < 4.78 is 259. The van der Waals surface area contributed by atoms with Gasteiger partial charge in [-0.2, -0.15) is 83.4 Å². The summed E-state index contributed by atoms with van der Waals surface area (Å²) in [6.07, 6.45) is -1.37. The molecule has 47 heavy (non-hydrogen) atoms. The predicted molar refractivity (Wildman–Crippen MR) is 127 cm³/mol. The lowest BCUT2D eigenvalue weighted by Crippen LogP contribution is -2.75. The maximum absolute atomic E-state index is 14.7. The minimum Gasteiger partial charge on any atom is -0.194 e. The Morgan fingerprint density at radius 2 is 0.723 bits per heavy atom. The fourth-order valence-corrected chi connectivity index (χ4v) is 6.19. The largest absolute Gasteiger partial charge is 0.460 e. The average molecular weight is 724 g/mol. The van der Waals surface area contributed by atoms with Crippen molar-refractivity contribution in [1.82, 2.24) is 0 Å². The van der Waals surface area contributed by atoms with Crippen LogP contribution in [0, 0.1) is 17.8 Å². The van der Waals surface area contributed by atoms with Crippen molar-refractivity contribution in [3.63, 3.8) is 0 Å². The first-order valence-corrected chi connectivity index (χ1v) is 14.1. The summed E-state index contributed by atoms with van der Waals surface area (Å²) in [6.45, 7) is 2.13. The van der Waals surface area contributed by atoms with Gasteiger partial charge in [-0.25, -0.2) is 0 Å². The van der Waals surface area contributed by atoms with Crippen LogP contribution >= 0.6 is 0 Å². The summed E-state index contributed by atoms with van der Waals surface area (Å²) in [4.78, 5) is 0. The molecule has 0 saturated heterocycles. The van der Waals surface area contributed by atoms with Crippen molar-refractivity contribution in [1.29, 1.82) is 0 Å². The highest BCUT2D eigenvalue weighted by atomic mass is 19.4. The molecule has 0 bridgehead atoms. The SMILES string of the molecule is C[C@H]1CC[C@H](C2CCC(c3ccc(C(F)(F)C(F)(F)C(F)(F)C(F)(F)C(F)(F)C(F)(F)C(F)(F)C(F)(F)C(F)(F)F)cc3)CC2)CC1. The molecule has 0 unspecified atom stereocenters. The van der Waals surface area contributed by atoms with E-state index < -0.39 is 59.1 Å². The zero-order valence-corrected chi connectivity index (χ0v) is 24.0. The van der Waals surface area contributed by atoms with Crippen LogP contribution < -0.4 is 0 Å². The molecular weight excluding hydrogens is 697 g/mol. The molecular formula is C28H27F19. The molecule has 0 spiro atoms. The van der Waals surface area contributed by atoms with E-state index in [-0.39, 0.29) is 23.6 Å². The molecule has 2 saturated carbocycles. The van der Waals surface area contributed by atoms with Crippen LogP contribution in [-0.2, 0) is 5.92 Å². The highest BCUT2D eigenvalue weighted by Crippen LogP contribution is 2.66. The van der Waals surface area contributed by atoms with E-state index >= 15 is 0 Å². The Kier molecular flexibility index (Phi) is 10.1. The molecule has 1 aromatic carbocycles. The van der Waals surface area contributed by atoms with Gasteiger partial charge in [-0.15, -0.1) is 0 Å². The minimum absolute atomic E-state index is 0.0247. The average Bonchev–Trinajstić information content (AvgIpc) is 2.96. The number of alkyl halides is 19. The van der Waals surface area contributed by atoms with Crippen molar-refractivity contribution in [3.05, 3.63) is 35.4 Å². The smallest absolute Gasteiger partial charge is 0.194 e. The van der Waals surface area contributed by atoms with Gasteiger partial charge in [-0.05, 0) is 67.8 Å². The van der Waals surface area contributed by atoms with Gasteiger partial charge in [0.05, 0.1) is 0 Å². The van der Waals surface area contributed by atoms with Crippen molar-refractivity contribution in [2.45, 2.75) is 118 Å². The zero-order valence-electron chi connectivity index (χ0n) is 24.0. The third-order valence-electron chi connectivity index (χ3n) is 9.36. The second-order valence-electron chi connectivity index (χ2n) is 12.3. The molecule has 2 aliphatic carbocycles.